The average Bonchev–Trinajstić information content (AvgIpc) is 3.15. The van der Waals surface area contributed by atoms with Gasteiger partial charge in [-0.1, -0.05) is 63.3 Å². The first-order chi connectivity index (χ1) is 13.2. The monoisotopic (exact) mass is 402 g/mol. The van der Waals surface area contributed by atoms with E-state index < -0.39 is 0 Å². The van der Waals surface area contributed by atoms with E-state index in [0.717, 1.165) is 28.0 Å². The highest BCUT2D eigenvalue weighted by atomic mass is 32.2. The summed E-state index contributed by atoms with van der Waals surface area (Å²) in [6.07, 6.45) is 9.80. The standard InChI is InChI=1S/C22H30N2OS2/c1-4-5-6-7-8-11-15-27-25-24(3)22-20(14-16-26-22)21(17-23)19-13-10-9-12-18(19)2/h9-10,12-14,16,22H,4-8,11,15H2,1-3H3/b21-20+. The predicted molar refractivity (Wildman–Crippen MR) is 119 cm³/mol. The number of benzene rings is 1. The van der Waals surface area contributed by atoms with Crippen LogP contribution in [-0.2, 0) is 4.28 Å². The summed E-state index contributed by atoms with van der Waals surface area (Å²) in [5.41, 5.74) is 3.86. The number of nitriles is 1. The Balaban J connectivity index is 1.90. The molecule has 0 aromatic heterocycles. The fourth-order valence-electron chi connectivity index (χ4n) is 3.07. The zero-order chi connectivity index (χ0) is 19.5. The van der Waals surface area contributed by atoms with Crippen LogP contribution in [0.25, 0.3) is 5.57 Å². The highest BCUT2D eigenvalue weighted by Crippen LogP contribution is 2.37. The van der Waals surface area contributed by atoms with Crippen molar-refractivity contribution < 1.29 is 4.28 Å². The van der Waals surface area contributed by atoms with Gasteiger partial charge in [-0.05, 0) is 36.0 Å². The second-order valence-electron chi connectivity index (χ2n) is 6.76. The van der Waals surface area contributed by atoms with Gasteiger partial charge in [0.2, 0.25) is 0 Å². The van der Waals surface area contributed by atoms with Crippen molar-refractivity contribution in [2.24, 2.45) is 0 Å². The van der Waals surface area contributed by atoms with E-state index in [2.05, 4.69) is 13.0 Å². The van der Waals surface area contributed by atoms with Gasteiger partial charge in [-0.15, -0.1) is 11.8 Å². The largest absolute Gasteiger partial charge is 0.228 e. The van der Waals surface area contributed by atoms with E-state index in [1.165, 1.54) is 50.6 Å². The molecule has 2 rings (SSSR count). The average molecular weight is 403 g/mol. The first-order valence-electron chi connectivity index (χ1n) is 9.73. The number of hydrogen-bond donors (Lipinski definition) is 0. The first kappa shape index (κ1) is 22.1. The quantitative estimate of drug-likeness (QED) is 0.177. The number of hydrogen-bond acceptors (Lipinski definition) is 5. The Morgan fingerprint density at radius 1 is 1.22 bits per heavy atom. The Bertz CT molecular complexity index is 694. The summed E-state index contributed by atoms with van der Waals surface area (Å²) in [6.45, 7) is 4.29. The third-order valence-electron chi connectivity index (χ3n) is 4.62. The molecule has 0 N–H and O–H groups in total. The lowest BCUT2D eigenvalue weighted by molar-refractivity contribution is -0.00798. The molecule has 1 aliphatic heterocycles. The molecule has 0 saturated heterocycles. The van der Waals surface area contributed by atoms with E-state index >= 15 is 0 Å². The minimum Gasteiger partial charge on any atom is -0.228 e. The van der Waals surface area contributed by atoms with Crippen molar-refractivity contribution in [3.05, 3.63) is 52.4 Å². The van der Waals surface area contributed by atoms with E-state index in [0.29, 0.717) is 0 Å². The molecule has 0 bridgehead atoms. The third kappa shape index (κ3) is 6.73. The predicted octanol–water partition coefficient (Wildman–Crippen LogP) is 6.73. The number of allylic oxidation sites excluding steroid dienone is 1. The van der Waals surface area contributed by atoms with Crippen molar-refractivity contribution in [1.82, 2.24) is 5.06 Å². The van der Waals surface area contributed by atoms with Crippen LogP contribution in [0.5, 0.6) is 0 Å². The molecular weight excluding hydrogens is 372 g/mol. The summed E-state index contributed by atoms with van der Waals surface area (Å²) in [4.78, 5) is 0. The van der Waals surface area contributed by atoms with Crippen molar-refractivity contribution in [3.8, 4) is 6.07 Å². The number of rotatable bonds is 11. The molecule has 0 saturated carbocycles. The molecule has 0 amide bonds. The number of thioether (sulfide) groups is 1. The molecule has 27 heavy (non-hydrogen) atoms. The minimum atomic E-state index is 0.0105. The van der Waals surface area contributed by atoms with Crippen LogP contribution in [0.2, 0.25) is 0 Å². The first-order valence-corrected chi connectivity index (χ1v) is 11.6. The zero-order valence-electron chi connectivity index (χ0n) is 16.6. The van der Waals surface area contributed by atoms with Crippen LogP contribution in [-0.4, -0.2) is 23.2 Å². The lowest BCUT2D eigenvalue weighted by Crippen LogP contribution is -2.27. The number of nitrogens with zero attached hydrogens (tertiary/aromatic N) is 2. The molecule has 0 radical (unpaired) electrons. The summed E-state index contributed by atoms with van der Waals surface area (Å²) in [6, 6.07) is 10.5. The minimum absolute atomic E-state index is 0.0105. The second-order valence-corrected chi connectivity index (χ2v) is 8.54. The van der Waals surface area contributed by atoms with Crippen LogP contribution in [0.15, 0.2) is 41.3 Å². The Morgan fingerprint density at radius 3 is 2.70 bits per heavy atom. The van der Waals surface area contributed by atoms with E-state index in [1.54, 1.807) is 11.8 Å². The fourth-order valence-corrected chi connectivity index (χ4v) is 4.70. The van der Waals surface area contributed by atoms with Gasteiger partial charge in [-0.25, -0.2) is 4.28 Å². The van der Waals surface area contributed by atoms with E-state index in [9.17, 15) is 5.26 Å². The topological polar surface area (TPSA) is 36.3 Å². The smallest absolute Gasteiger partial charge is 0.112 e. The number of aryl methyl sites for hydroxylation is 1. The number of hydroxylamine groups is 2. The Labute approximate surface area is 173 Å². The molecule has 146 valence electrons. The van der Waals surface area contributed by atoms with Gasteiger partial charge < -0.3 is 0 Å². The Morgan fingerprint density at radius 2 is 1.96 bits per heavy atom. The summed E-state index contributed by atoms with van der Waals surface area (Å²) >= 11 is 3.19. The lowest BCUT2D eigenvalue weighted by atomic mass is 9.97. The van der Waals surface area contributed by atoms with Gasteiger partial charge in [0.1, 0.15) is 11.4 Å². The summed E-state index contributed by atoms with van der Waals surface area (Å²) in [5.74, 6) is 1.00. The molecule has 0 fully saturated rings. The van der Waals surface area contributed by atoms with E-state index in [-0.39, 0.29) is 5.37 Å². The normalized spacial score (nSPS) is 18.1. The maximum Gasteiger partial charge on any atom is 0.112 e. The van der Waals surface area contributed by atoms with E-state index in [1.807, 2.05) is 54.8 Å². The zero-order valence-corrected chi connectivity index (χ0v) is 18.2. The molecule has 0 aliphatic carbocycles. The van der Waals surface area contributed by atoms with Crippen molar-refractivity contribution in [2.45, 2.75) is 57.7 Å². The number of unbranched alkanes of at least 4 members (excludes halogenated alkanes) is 5. The molecule has 5 heteroatoms. The molecule has 1 atom stereocenters. The summed E-state index contributed by atoms with van der Waals surface area (Å²) in [5, 5.41) is 13.7. The van der Waals surface area contributed by atoms with Gasteiger partial charge in [-0.3, -0.25) is 0 Å². The number of likely N-dealkylation sites (N-methyl/N-ethyl adjacent to an activating group) is 1. The molecule has 1 unspecified atom stereocenters. The van der Waals surface area contributed by atoms with Gasteiger partial charge in [-0.2, -0.15) is 10.3 Å². The third-order valence-corrected chi connectivity index (χ3v) is 6.52. The van der Waals surface area contributed by atoms with Crippen molar-refractivity contribution in [3.63, 3.8) is 0 Å². The molecule has 1 aromatic rings. The van der Waals surface area contributed by atoms with Crippen LogP contribution in [0.3, 0.4) is 0 Å². The molecular formula is C22H30N2OS2. The molecule has 1 aromatic carbocycles. The molecule has 1 aliphatic rings. The van der Waals surface area contributed by atoms with Crippen molar-refractivity contribution >= 4 is 29.4 Å². The highest BCUT2D eigenvalue weighted by molar-refractivity contribution is 8.03. The summed E-state index contributed by atoms with van der Waals surface area (Å²) < 4.78 is 5.89. The second kappa shape index (κ2) is 12.3. The molecule has 3 nitrogen and oxygen atoms in total. The van der Waals surface area contributed by atoms with Crippen LogP contribution in [0, 0.1) is 18.3 Å². The summed E-state index contributed by atoms with van der Waals surface area (Å²) in [7, 11) is 1.95. The maximum absolute atomic E-state index is 9.78. The van der Waals surface area contributed by atoms with Gasteiger partial charge >= 0.3 is 0 Å². The van der Waals surface area contributed by atoms with Gasteiger partial charge in [0.05, 0.1) is 5.57 Å². The SMILES string of the molecule is CCCCCCCCSON(C)C1SC=C/C1=C(/C#N)c1ccccc1C. The van der Waals surface area contributed by atoms with Crippen LogP contribution < -0.4 is 0 Å². The van der Waals surface area contributed by atoms with Gasteiger partial charge in [0.25, 0.3) is 0 Å². The van der Waals surface area contributed by atoms with E-state index in [4.69, 9.17) is 4.28 Å². The van der Waals surface area contributed by atoms with Gasteiger partial charge in [0, 0.05) is 30.4 Å². The maximum atomic E-state index is 9.78. The molecule has 0 spiro atoms. The van der Waals surface area contributed by atoms with Crippen molar-refractivity contribution in [1.29, 1.82) is 5.26 Å². The van der Waals surface area contributed by atoms with Crippen LogP contribution in [0.1, 0.15) is 56.6 Å². The van der Waals surface area contributed by atoms with Crippen LogP contribution in [0.4, 0.5) is 0 Å². The highest BCUT2D eigenvalue weighted by Gasteiger charge is 2.27. The van der Waals surface area contributed by atoms with Crippen molar-refractivity contribution in [2.75, 3.05) is 12.8 Å². The fraction of sp³-hybridized carbons (Fsp3) is 0.500. The Kier molecular flexibility index (Phi) is 10.1. The van der Waals surface area contributed by atoms with Gasteiger partial charge in [0.15, 0.2) is 0 Å². The van der Waals surface area contributed by atoms with Crippen LogP contribution >= 0.6 is 23.8 Å². The Hall–Kier alpha value is -1.19. The molecule has 1 heterocycles. The lowest BCUT2D eigenvalue weighted by Gasteiger charge is -2.24.